The number of nitrogens with one attached hydrogen (secondary N) is 1. The topological polar surface area (TPSA) is 21.3 Å². The van der Waals surface area contributed by atoms with Gasteiger partial charge < -0.3 is 10.1 Å². The first-order valence-electron chi connectivity index (χ1n) is 7.52. The molecule has 0 bridgehead atoms. The fourth-order valence-electron chi connectivity index (χ4n) is 2.08. The zero-order valence-electron chi connectivity index (χ0n) is 13.2. The molecule has 0 spiro atoms. The Morgan fingerprint density at radius 3 is 2.40 bits per heavy atom. The molecule has 2 nitrogen and oxygen atoms in total. The van der Waals surface area contributed by atoms with E-state index in [1.54, 1.807) is 0 Å². The zero-order chi connectivity index (χ0) is 15.0. The van der Waals surface area contributed by atoms with Crippen LogP contribution in [0.15, 0.2) is 28.7 Å². The predicted molar refractivity (Wildman–Crippen MR) is 90.4 cm³/mol. The zero-order valence-corrected chi connectivity index (χ0v) is 14.8. The summed E-state index contributed by atoms with van der Waals surface area (Å²) in [5.41, 5.74) is 1.33. The van der Waals surface area contributed by atoms with Crippen molar-refractivity contribution in [1.82, 2.24) is 5.32 Å². The van der Waals surface area contributed by atoms with Gasteiger partial charge in [0.1, 0.15) is 0 Å². The average Bonchev–Trinajstić information content (AvgIpc) is 2.37. The minimum absolute atomic E-state index is 0.0545. The van der Waals surface area contributed by atoms with Crippen LogP contribution in [0, 0.1) is 0 Å². The second-order valence-electron chi connectivity index (χ2n) is 6.20. The van der Waals surface area contributed by atoms with Gasteiger partial charge in [0.25, 0.3) is 0 Å². The molecule has 0 aliphatic heterocycles. The molecule has 0 saturated carbocycles. The summed E-state index contributed by atoms with van der Waals surface area (Å²) in [6, 6.07) is 8.65. The molecule has 0 aliphatic carbocycles. The lowest BCUT2D eigenvalue weighted by Crippen LogP contribution is -2.25. The van der Waals surface area contributed by atoms with Crippen LogP contribution in [0.25, 0.3) is 0 Å². The van der Waals surface area contributed by atoms with Gasteiger partial charge in [0, 0.05) is 17.6 Å². The van der Waals surface area contributed by atoms with Crippen LogP contribution in [-0.2, 0) is 4.74 Å². The first-order valence-corrected chi connectivity index (χ1v) is 8.32. The first kappa shape index (κ1) is 17.7. The van der Waals surface area contributed by atoms with E-state index in [2.05, 4.69) is 73.2 Å². The van der Waals surface area contributed by atoms with E-state index >= 15 is 0 Å². The van der Waals surface area contributed by atoms with Crippen LogP contribution in [0.4, 0.5) is 0 Å². The molecular weight excluding hydrogens is 314 g/mol. The van der Waals surface area contributed by atoms with E-state index in [1.165, 1.54) is 12.0 Å². The number of hydrogen-bond donors (Lipinski definition) is 1. The molecule has 0 amide bonds. The van der Waals surface area contributed by atoms with Gasteiger partial charge in [-0.1, -0.05) is 35.0 Å². The van der Waals surface area contributed by atoms with E-state index in [0.29, 0.717) is 5.92 Å². The minimum Gasteiger partial charge on any atom is -0.376 e. The maximum Gasteiger partial charge on any atom is 0.0598 e. The lowest BCUT2D eigenvalue weighted by molar-refractivity contribution is -0.00622. The lowest BCUT2D eigenvalue weighted by atomic mass is 9.96. The standard InChI is InChI=1S/C17H28BrNO/c1-5-11-19-13-15(10-12-20-17(2,3)4)14-6-8-16(18)9-7-14/h6-9,15,19H,5,10-13H2,1-4H3. The van der Waals surface area contributed by atoms with Crippen LogP contribution in [0.3, 0.4) is 0 Å². The second-order valence-corrected chi connectivity index (χ2v) is 7.12. The summed E-state index contributed by atoms with van der Waals surface area (Å²) in [5.74, 6) is 0.511. The molecule has 0 heterocycles. The highest BCUT2D eigenvalue weighted by atomic mass is 79.9. The second kappa shape index (κ2) is 8.81. The summed E-state index contributed by atoms with van der Waals surface area (Å²) < 4.78 is 7.01. The summed E-state index contributed by atoms with van der Waals surface area (Å²) in [5, 5.41) is 3.53. The molecule has 0 fully saturated rings. The van der Waals surface area contributed by atoms with E-state index in [1.807, 2.05) is 0 Å². The molecule has 0 aromatic heterocycles. The third kappa shape index (κ3) is 7.41. The van der Waals surface area contributed by atoms with Crippen LogP contribution >= 0.6 is 15.9 Å². The maximum absolute atomic E-state index is 5.87. The minimum atomic E-state index is -0.0545. The van der Waals surface area contributed by atoms with E-state index in [0.717, 1.165) is 30.6 Å². The van der Waals surface area contributed by atoms with Crippen molar-refractivity contribution in [3.05, 3.63) is 34.3 Å². The van der Waals surface area contributed by atoms with Crippen molar-refractivity contribution >= 4 is 15.9 Å². The molecule has 114 valence electrons. The Kier molecular flexibility index (Phi) is 7.78. The lowest BCUT2D eigenvalue weighted by Gasteiger charge is -2.23. The highest BCUT2D eigenvalue weighted by Crippen LogP contribution is 2.22. The number of benzene rings is 1. The molecule has 1 unspecified atom stereocenters. The Balaban J connectivity index is 2.57. The Labute approximate surface area is 132 Å². The van der Waals surface area contributed by atoms with Crippen LogP contribution < -0.4 is 5.32 Å². The van der Waals surface area contributed by atoms with Gasteiger partial charge in [-0.3, -0.25) is 0 Å². The smallest absolute Gasteiger partial charge is 0.0598 e. The molecule has 0 aliphatic rings. The van der Waals surface area contributed by atoms with Gasteiger partial charge in [-0.2, -0.15) is 0 Å². The Bertz CT molecular complexity index is 370. The molecule has 3 heteroatoms. The van der Waals surface area contributed by atoms with Crippen LogP contribution in [0.5, 0.6) is 0 Å². The highest BCUT2D eigenvalue weighted by Gasteiger charge is 2.14. The van der Waals surface area contributed by atoms with Crippen molar-refractivity contribution < 1.29 is 4.74 Å². The fourth-order valence-corrected chi connectivity index (χ4v) is 2.35. The van der Waals surface area contributed by atoms with Crippen molar-refractivity contribution in [1.29, 1.82) is 0 Å². The van der Waals surface area contributed by atoms with E-state index in [-0.39, 0.29) is 5.60 Å². The maximum atomic E-state index is 5.87. The molecule has 20 heavy (non-hydrogen) atoms. The number of rotatable bonds is 8. The van der Waals surface area contributed by atoms with Gasteiger partial charge in [0.15, 0.2) is 0 Å². The van der Waals surface area contributed by atoms with Crippen molar-refractivity contribution in [3.8, 4) is 0 Å². The van der Waals surface area contributed by atoms with Gasteiger partial charge in [-0.05, 0) is 63.8 Å². The molecule has 1 N–H and O–H groups in total. The first-order chi connectivity index (χ1) is 9.42. The third-order valence-electron chi connectivity index (χ3n) is 3.16. The van der Waals surface area contributed by atoms with Crippen LogP contribution in [0.2, 0.25) is 0 Å². The number of halogens is 1. The molecule has 1 aromatic rings. The normalized spacial score (nSPS) is 13.4. The summed E-state index contributed by atoms with van der Waals surface area (Å²) >= 11 is 3.50. The predicted octanol–water partition coefficient (Wildman–Crippen LogP) is 4.74. The summed E-state index contributed by atoms with van der Waals surface area (Å²) in [4.78, 5) is 0. The summed E-state index contributed by atoms with van der Waals surface area (Å²) in [7, 11) is 0. The summed E-state index contributed by atoms with van der Waals surface area (Å²) in [6.07, 6.45) is 2.22. The van der Waals surface area contributed by atoms with Crippen LogP contribution in [0.1, 0.15) is 52.0 Å². The largest absolute Gasteiger partial charge is 0.376 e. The van der Waals surface area contributed by atoms with E-state index in [9.17, 15) is 0 Å². The third-order valence-corrected chi connectivity index (χ3v) is 3.69. The van der Waals surface area contributed by atoms with Gasteiger partial charge >= 0.3 is 0 Å². The Hall–Kier alpha value is -0.380. The molecular formula is C17H28BrNO. The number of ether oxygens (including phenoxy) is 1. The van der Waals surface area contributed by atoms with Gasteiger partial charge in [0.2, 0.25) is 0 Å². The van der Waals surface area contributed by atoms with Crippen molar-refractivity contribution in [2.75, 3.05) is 19.7 Å². The van der Waals surface area contributed by atoms with E-state index < -0.39 is 0 Å². The highest BCUT2D eigenvalue weighted by molar-refractivity contribution is 9.10. The average molecular weight is 342 g/mol. The molecule has 1 rings (SSSR count). The molecule has 1 atom stereocenters. The van der Waals surface area contributed by atoms with E-state index in [4.69, 9.17) is 4.74 Å². The van der Waals surface area contributed by atoms with Gasteiger partial charge in [0.05, 0.1) is 5.60 Å². The Morgan fingerprint density at radius 2 is 1.85 bits per heavy atom. The van der Waals surface area contributed by atoms with Crippen LogP contribution in [-0.4, -0.2) is 25.3 Å². The van der Waals surface area contributed by atoms with Gasteiger partial charge in [-0.15, -0.1) is 0 Å². The fraction of sp³-hybridized carbons (Fsp3) is 0.647. The molecule has 1 aromatic carbocycles. The molecule has 0 saturated heterocycles. The quantitative estimate of drug-likeness (QED) is 0.689. The monoisotopic (exact) mass is 341 g/mol. The van der Waals surface area contributed by atoms with Crippen molar-refractivity contribution in [2.45, 2.75) is 52.1 Å². The molecule has 0 radical (unpaired) electrons. The Morgan fingerprint density at radius 1 is 1.20 bits per heavy atom. The SMILES string of the molecule is CCCNCC(CCOC(C)(C)C)c1ccc(Br)cc1. The van der Waals surface area contributed by atoms with Crippen molar-refractivity contribution in [3.63, 3.8) is 0 Å². The van der Waals surface area contributed by atoms with Crippen molar-refractivity contribution in [2.24, 2.45) is 0 Å². The summed E-state index contributed by atoms with van der Waals surface area (Å²) in [6.45, 7) is 11.4. The number of hydrogen-bond acceptors (Lipinski definition) is 2. The van der Waals surface area contributed by atoms with Gasteiger partial charge in [-0.25, -0.2) is 0 Å².